The number of hydrogen-bond acceptors (Lipinski definition) is 6. The molecule has 0 saturated heterocycles. The summed E-state index contributed by atoms with van der Waals surface area (Å²) < 4.78 is 16.7. The Labute approximate surface area is 133 Å². The molecule has 23 heavy (non-hydrogen) atoms. The third kappa shape index (κ3) is 3.13. The van der Waals surface area contributed by atoms with Crippen molar-refractivity contribution in [3.8, 4) is 11.5 Å². The van der Waals surface area contributed by atoms with Crippen molar-refractivity contribution in [1.82, 2.24) is 15.5 Å². The van der Waals surface area contributed by atoms with Gasteiger partial charge in [-0.2, -0.15) is 0 Å². The van der Waals surface area contributed by atoms with Crippen molar-refractivity contribution in [2.24, 2.45) is 0 Å². The number of amides is 1. The summed E-state index contributed by atoms with van der Waals surface area (Å²) >= 11 is 0. The van der Waals surface area contributed by atoms with E-state index in [1.165, 1.54) is 0 Å². The van der Waals surface area contributed by atoms with E-state index in [1.54, 1.807) is 18.2 Å². The van der Waals surface area contributed by atoms with Crippen LogP contribution in [0.2, 0.25) is 0 Å². The number of aromatic nitrogens is 2. The minimum atomic E-state index is -0.216. The van der Waals surface area contributed by atoms with Gasteiger partial charge in [-0.05, 0) is 31.0 Å². The molecule has 4 rings (SSSR count). The van der Waals surface area contributed by atoms with Gasteiger partial charge >= 0.3 is 0 Å². The van der Waals surface area contributed by atoms with Crippen LogP contribution in [0.15, 0.2) is 22.6 Å². The first-order chi connectivity index (χ1) is 11.3. The lowest BCUT2D eigenvalue weighted by Gasteiger charge is -2.09. The highest BCUT2D eigenvalue weighted by molar-refractivity contribution is 5.94. The predicted octanol–water partition coefficient (Wildman–Crippen LogP) is 2.04. The zero-order chi connectivity index (χ0) is 15.6. The van der Waals surface area contributed by atoms with E-state index in [-0.39, 0.29) is 12.5 Å². The Morgan fingerprint density at radius 2 is 2.00 bits per heavy atom. The number of carbonyl (C=O) groups excluding carboxylic acids is 1. The number of carbonyl (C=O) groups is 1. The monoisotopic (exact) mass is 315 g/mol. The zero-order valence-corrected chi connectivity index (χ0v) is 12.6. The maximum atomic E-state index is 12.2. The van der Waals surface area contributed by atoms with Gasteiger partial charge in [-0.25, -0.2) is 0 Å². The van der Waals surface area contributed by atoms with E-state index >= 15 is 0 Å². The summed E-state index contributed by atoms with van der Waals surface area (Å²) in [6.45, 7) is 1.43. The molecule has 0 bridgehead atoms. The average molecular weight is 315 g/mol. The SMILES string of the molecule is O=C(NCc1nnc(C2CC2)o1)c1ccc2c(c1)OCCCO2. The molecule has 1 aromatic carbocycles. The van der Waals surface area contributed by atoms with Gasteiger partial charge in [0.25, 0.3) is 5.91 Å². The van der Waals surface area contributed by atoms with Crippen molar-refractivity contribution >= 4 is 5.91 Å². The Hall–Kier alpha value is -2.57. The van der Waals surface area contributed by atoms with E-state index in [4.69, 9.17) is 13.9 Å². The van der Waals surface area contributed by atoms with Gasteiger partial charge < -0.3 is 19.2 Å². The van der Waals surface area contributed by atoms with Crippen LogP contribution in [0, 0.1) is 0 Å². The number of hydrogen-bond donors (Lipinski definition) is 1. The molecule has 2 aliphatic rings. The fourth-order valence-corrected chi connectivity index (χ4v) is 2.40. The molecule has 1 N–H and O–H groups in total. The van der Waals surface area contributed by atoms with Crippen LogP contribution in [-0.4, -0.2) is 29.3 Å². The lowest BCUT2D eigenvalue weighted by atomic mass is 10.2. The van der Waals surface area contributed by atoms with Crippen LogP contribution >= 0.6 is 0 Å². The molecule has 7 nitrogen and oxygen atoms in total. The fourth-order valence-electron chi connectivity index (χ4n) is 2.40. The van der Waals surface area contributed by atoms with Gasteiger partial charge in [0.2, 0.25) is 11.8 Å². The molecule has 1 aliphatic heterocycles. The average Bonchev–Trinajstić information content (AvgIpc) is 3.35. The summed E-state index contributed by atoms with van der Waals surface area (Å²) in [5.74, 6) is 2.56. The lowest BCUT2D eigenvalue weighted by molar-refractivity contribution is 0.0946. The van der Waals surface area contributed by atoms with Crippen molar-refractivity contribution in [1.29, 1.82) is 0 Å². The minimum Gasteiger partial charge on any atom is -0.490 e. The van der Waals surface area contributed by atoms with Gasteiger partial charge in [0.05, 0.1) is 19.8 Å². The highest BCUT2D eigenvalue weighted by Crippen LogP contribution is 2.39. The van der Waals surface area contributed by atoms with E-state index in [0.29, 0.717) is 48.0 Å². The van der Waals surface area contributed by atoms with Gasteiger partial charge in [0.1, 0.15) is 0 Å². The van der Waals surface area contributed by atoms with Crippen LogP contribution in [0.25, 0.3) is 0 Å². The first kappa shape index (κ1) is 14.0. The van der Waals surface area contributed by atoms with Crippen molar-refractivity contribution in [3.05, 3.63) is 35.5 Å². The number of benzene rings is 1. The highest BCUT2D eigenvalue weighted by Gasteiger charge is 2.29. The van der Waals surface area contributed by atoms with Crippen molar-refractivity contribution in [3.63, 3.8) is 0 Å². The zero-order valence-electron chi connectivity index (χ0n) is 12.6. The summed E-state index contributed by atoms with van der Waals surface area (Å²) in [7, 11) is 0. The second-order valence-electron chi connectivity index (χ2n) is 5.70. The van der Waals surface area contributed by atoms with Crippen LogP contribution in [0.3, 0.4) is 0 Å². The van der Waals surface area contributed by atoms with Crippen LogP contribution in [-0.2, 0) is 6.54 Å². The van der Waals surface area contributed by atoms with Gasteiger partial charge in [-0.1, -0.05) is 0 Å². The Balaban J connectivity index is 1.40. The number of fused-ring (bicyclic) bond motifs is 1. The smallest absolute Gasteiger partial charge is 0.251 e. The van der Waals surface area contributed by atoms with Crippen molar-refractivity contribution in [2.75, 3.05) is 13.2 Å². The first-order valence-electron chi connectivity index (χ1n) is 7.80. The van der Waals surface area contributed by atoms with E-state index in [0.717, 1.165) is 19.3 Å². The molecule has 120 valence electrons. The second-order valence-corrected chi connectivity index (χ2v) is 5.70. The minimum absolute atomic E-state index is 0.215. The molecule has 1 saturated carbocycles. The van der Waals surface area contributed by atoms with Gasteiger partial charge in [-0.15, -0.1) is 10.2 Å². The predicted molar refractivity (Wildman–Crippen MR) is 79.5 cm³/mol. The van der Waals surface area contributed by atoms with Gasteiger partial charge in [-0.3, -0.25) is 4.79 Å². The Morgan fingerprint density at radius 3 is 2.83 bits per heavy atom. The van der Waals surface area contributed by atoms with Crippen LogP contribution in [0.5, 0.6) is 11.5 Å². The van der Waals surface area contributed by atoms with Gasteiger partial charge in [0.15, 0.2) is 11.5 Å². The number of ether oxygens (including phenoxy) is 2. The maximum absolute atomic E-state index is 12.2. The summed E-state index contributed by atoms with van der Waals surface area (Å²) in [4.78, 5) is 12.2. The largest absolute Gasteiger partial charge is 0.490 e. The summed E-state index contributed by atoms with van der Waals surface area (Å²) in [5, 5.41) is 10.7. The maximum Gasteiger partial charge on any atom is 0.251 e. The topological polar surface area (TPSA) is 86.5 Å². The third-order valence-corrected chi connectivity index (χ3v) is 3.82. The Kier molecular flexibility index (Phi) is 3.61. The second kappa shape index (κ2) is 5.91. The standard InChI is InChI=1S/C16H17N3O4/c20-15(17-9-14-18-19-16(23-14)10-2-3-10)11-4-5-12-13(8-11)22-7-1-6-21-12/h4-5,8,10H,1-3,6-7,9H2,(H,17,20). The third-order valence-electron chi connectivity index (χ3n) is 3.82. The summed E-state index contributed by atoms with van der Waals surface area (Å²) in [6.07, 6.45) is 3.03. The van der Waals surface area contributed by atoms with Crippen LogP contribution in [0.4, 0.5) is 0 Å². The summed E-state index contributed by atoms with van der Waals surface area (Å²) in [5.41, 5.74) is 0.510. The van der Waals surface area contributed by atoms with Crippen molar-refractivity contribution < 1.29 is 18.7 Å². The van der Waals surface area contributed by atoms with E-state index in [2.05, 4.69) is 15.5 Å². The molecule has 0 radical (unpaired) electrons. The molecule has 0 atom stereocenters. The highest BCUT2D eigenvalue weighted by atomic mass is 16.5. The summed E-state index contributed by atoms with van der Waals surface area (Å²) in [6, 6.07) is 5.17. The molecule has 1 aromatic heterocycles. The normalized spacial score (nSPS) is 16.7. The quantitative estimate of drug-likeness (QED) is 0.929. The van der Waals surface area contributed by atoms with Crippen molar-refractivity contribution in [2.45, 2.75) is 31.7 Å². The molecule has 1 amide bonds. The number of nitrogens with one attached hydrogen (secondary N) is 1. The number of rotatable bonds is 4. The van der Waals surface area contributed by atoms with Crippen LogP contribution < -0.4 is 14.8 Å². The van der Waals surface area contributed by atoms with Gasteiger partial charge in [0, 0.05) is 17.9 Å². The molecule has 1 aliphatic carbocycles. The molecule has 0 unspecified atom stereocenters. The molecular weight excluding hydrogens is 298 g/mol. The molecule has 2 aromatic rings. The molecule has 0 spiro atoms. The lowest BCUT2D eigenvalue weighted by Crippen LogP contribution is -2.23. The Morgan fingerprint density at radius 1 is 1.17 bits per heavy atom. The Bertz CT molecular complexity index is 724. The fraction of sp³-hybridized carbons (Fsp3) is 0.438. The molecule has 2 heterocycles. The van der Waals surface area contributed by atoms with E-state index < -0.39 is 0 Å². The first-order valence-corrected chi connectivity index (χ1v) is 7.80. The van der Waals surface area contributed by atoms with E-state index in [9.17, 15) is 4.79 Å². The van der Waals surface area contributed by atoms with Crippen LogP contribution in [0.1, 0.15) is 47.3 Å². The molecule has 7 heteroatoms. The molecular formula is C16H17N3O4. The molecule has 1 fully saturated rings. The number of nitrogens with zero attached hydrogens (tertiary/aromatic N) is 2. The van der Waals surface area contributed by atoms with E-state index in [1.807, 2.05) is 0 Å².